The van der Waals surface area contributed by atoms with Crippen LogP contribution in [0, 0.1) is 5.92 Å². The molecule has 3 aliphatic rings. The van der Waals surface area contributed by atoms with E-state index in [1.807, 2.05) is 6.92 Å². The predicted octanol–water partition coefficient (Wildman–Crippen LogP) is 2.28. The van der Waals surface area contributed by atoms with E-state index in [1.165, 1.54) is 12.8 Å². The first-order valence-corrected chi connectivity index (χ1v) is 7.32. The van der Waals surface area contributed by atoms with Crippen LogP contribution in [0.2, 0.25) is 0 Å². The maximum atomic E-state index is 6.11. The third kappa shape index (κ3) is 2.72. The summed E-state index contributed by atoms with van der Waals surface area (Å²) < 4.78 is 23.3. The number of hydrogen-bond acceptors (Lipinski definition) is 4. The first-order chi connectivity index (χ1) is 9.21. The summed E-state index contributed by atoms with van der Waals surface area (Å²) in [5.74, 6) is 0.0777. The molecule has 0 radical (unpaired) electrons. The Bertz CT molecular complexity index is 343. The molecule has 4 heteroatoms. The van der Waals surface area contributed by atoms with Crippen LogP contribution < -0.4 is 0 Å². The number of rotatable bonds is 4. The number of allylic oxidation sites excluding steroid dienone is 2. The molecule has 5 atom stereocenters. The molecule has 0 amide bonds. The lowest BCUT2D eigenvalue weighted by Gasteiger charge is -2.39. The van der Waals surface area contributed by atoms with Crippen LogP contribution in [0.4, 0.5) is 0 Å². The van der Waals surface area contributed by atoms with Crippen LogP contribution in [0.1, 0.15) is 32.6 Å². The molecule has 2 fully saturated rings. The molecule has 19 heavy (non-hydrogen) atoms. The highest BCUT2D eigenvalue weighted by Gasteiger charge is 2.53. The number of methoxy groups -OCH3 is 1. The minimum Gasteiger partial charge on any atom is -0.376 e. The first-order valence-electron chi connectivity index (χ1n) is 7.32. The second-order valence-electron chi connectivity index (χ2n) is 5.97. The minimum absolute atomic E-state index is 0.0394. The fraction of sp³-hybridized carbons (Fsp3) is 0.867. The van der Waals surface area contributed by atoms with Gasteiger partial charge >= 0.3 is 0 Å². The molecule has 3 rings (SSSR count). The van der Waals surface area contributed by atoms with Gasteiger partial charge < -0.3 is 18.9 Å². The van der Waals surface area contributed by atoms with Gasteiger partial charge in [-0.2, -0.15) is 0 Å². The van der Waals surface area contributed by atoms with Crippen molar-refractivity contribution in [2.75, 3.05) is 20.3 Å². The minimum atomic E-state index is -0.577. The lowest BCUT2D eigenvalue weighted by Crippen LogP contribution is -2.51. The summed E-state index contributed by atoms with van der Waals surface area (Å²) in [7, 11) is 1.71. The molecule has 2 saturated heterocycles. The molecule has 2 aliphatic heterocycles. The maximum absolute atomic E-state index is 6.11. The molecule has 0 aromatic rings. The van der Waals surface area contributed by atoms with Gasteiger partial charge in [-0.25, -0.2) is 0 Å². The zero-order valence-corrected chi connectivity index (χ0v) is 11.8. The Kier molecular flexibility index (Phi) is 3.94. The molecule has 0 aromatic carbocycles. The summed E-state index contributed by atoms with van der Waals surface area (Å²) in [6.45, 7) is 3.40. The largest absolute Gasteiger partial charge is 0.376 e. The van der Waals surface area contributed by atoms with Crippen molar-refractivity contribution in [3.63, 3.8) is 0 Å². The summed E-state index contributed by atoms with van der Waals surface area (Å²) >= 11 is 0. The van der Waals surface area contributed by atoms with Gasteiger partial charge in [0.05, 0.1) is 19.3 Å². The third-order valence-electron chi connectivity index (χ3n) is 4.57. The van der Waals surface area contributed by atoms with E-state index in [0.29, 0.717) is 12.5 Å². The van der Waals surface area contributed by atoms with Crippen molar-refractivity contribution in [2.45, 2.75) is 56.7 Å². The van der Waals surface area contributed by atoms with Gasteiger partial charge in [0.15, 0.2) is 5.79 Å². The monoisotopic (exact) mass is 268 g/mol. The Hall–Kier alpha value is -0.420. The van der Waals surface area contributed by atoms with E-state index in [4.69, 9.17) is 18.9 Å². The SMILES string of the molecule is CO[C@@H]1C[C@H](OCC2CC=CCC2)[C@H]2COC1(C)O2. The van der Waals surface area contributed by atoms with Crippen molar-refractivity contribution in [2.24, 2.45) is 5.92 Å². The zero-order chi connectivity index (χ0) is 13.3. The van der Waals surface area contributed by atoms with Gasteiger partial charge in [-0.1, -0.05) is 12.2 Å². The van der Waals surface area contributed by atoms with E-state index in [1.54, 1.807) is 7.11 Å². The van der Waals surface area contributed by atoms with Gasteiger partial charge in [-0.05, 0) is 32.1 Å². The molecule has 108 valence electrons. The Morgan fingerprint density at radius 2 is 2.26 bits per heavy atom. The van der Waals surface area contributed by atoms with Crippen LogP contribution in [0.25, 0.3) is 0 Å². The van der Waals surface area contributed by atoms with Crippen molar-refractivity contribution < 1.29 is 18.9 Å². The molecule has 0 N–H and O–H groups in total. The lowest BCUT2D eigenvalue weighted by molar-refractivity contribution is -0.263. The molecule has 0 aromatic heterocycles. The van der Waals surface area contributed by atoms with Crippen LogP contribution in [0.5, 0.6) is 0 Å². The molecule has 0 spiro atoms. The Labute approximate surface area is 115 Å². The van der Waals surface area contributed by atoms with Crippen LogP contribution in [0.3, 0.4) is 0 Å². The standard InChI is InChI=1S/C15H24O4/c1-15-14(16-2)8-12(13(19-15)10-18-15)17-9-11-6-4-3-5-7-11/h3-4,11-14H,5-10H2,1-2H3/t11?,12-,13+,14+,15?/m0/s1. The summed E-state index contributed by atoms with van der Waals surface area (Å²) in [5, 5.41) is 0. The van der Waals surface area contributed by atoms with Gasteiger partial charge in [0, 0.05) is 13.5 Å². The quantitative estimate of drug-likeness (QED) is 0.733. The van der Waals surface area contributed by atoms with E-state index in [9.17, 15) is 0 Å². The van der Waals surface area contributed by atoms with Crippen molar-refractivity contribution in [1.29, 1.82) is 0 Å². The van der Waals surface area contributed by atoms with Crippen molar-refractivity contribution in [3.05, 3.63) is 12.2 Å². The third-order valence-corrected chi connectivity index (χ3v) is 4.57. The fourth-order valence-corrected chi connectivity index (χ4v) is 3.30. The molecular weight excluding hydrogens is 244 g/mol. The second kappa shape index (κ2) is 5.52. The molecule has 4 nitrogen and oxygen atoms in total. The van der Waals surface area contributed by atoms with E-state index in [-0.39, 0.29) is 18.3 Å². The van der Waals surface area contributed by atoms with Crippen LogP contribution in [-0.4, -0.2) is 44.4 Å². The normalized spacial score (nSPS) is 45.6. The Morgan fingerprint density at radius 1 is 1.37 bits per heavy atom. The van der Waals surface area contributed by atoms with Gasteiger partial charge in [0.25, 0.3) is 0 Å². The Balaban J connectivity index is 1.55. The smallest absolute Gasteiger partial charge is 0.192 e. The molecule has 0 saturated carbocycles. The van der Waals surface area contributed by atoms with E-state index in [2.05, 4.69) is 12.2 Å². The first kappa shape index (κ1) is 13.6. The molecule has 2 unspecified atom stereocenters. The molecule has 2 bridgehead atoms. The average molecular weight is 268 g/mol. The fourth-order valence-electron chi connectivity index (χ4n) is 3.30. The highest BCUT2D eigenvalue weighted by atomic mass is 16.8. The number of fused-ring (bicyclic) bond motifs is 2. The topological polar surface area (TPSA) is 36.9 Å². The van der Waals surface area contributed by atoms with E-state index in [0.717, 1.165) is 19.4 Å². The van der Waals surface area contributed by atoms with Gasteiger partial charge in [0.2, 0.25) is 0 Å². The predicted molar refractivity (Wildman–Crippen MR) is 70.9 cm³/mol. The van der Waals surface area contributed by atoms with Crippen LogP contribution >= 0.6 is 0 Å². The van der Waals surface area contributed by atoms with Crippen molar-refractivity contribution >= 4 is 0 Å². The molecular formula is C15H24O4. The molecule has 1 aliphatic carbocycles. The van der Waals surface area contributed by atoms with Crippen molar-refractivity contribution in [1.82, 2.24) is 0 Å². The van der Waals surface area contributed by atoms with Crippen LogP contribution in [-0.2, 0) is 18.9 Å². The van der Waals surface area contributed by atoms with Gasteiger partial charge in [0.1, 0.15) is 12.2 Å². The van der Waals surface area contributed by atoms with E-state index >= 15 is 0 Å². The second-order valence-corrected chi connectivity index (χ2v) is 5.97. The highest BCUT2D eigenvalue weighted by molar-refractivity contribution is 4.95. The lowest BCUT2D eigenvalue weighted by atomic mass is 9.94. The van der Waals surface area contributed by atoms with Gasteiger partial charge in [-0.15, -0.1) is 0 Å². The van der Waals surface area contributed by atoms with Gasteiger partial charge in [-0.3, -0.25) is 0 Å². The maximum Gasteiger partial charge on any atom is 0.192 e. The zero-order valence-electron chi connectivity index (χ0n) is 11.8. The number of hydrogen-bond donors (Lipinski definition) is 0. The molecule has 2 heterocycles. The average Bonchev–Trinajstić information content (AvgIpc) is 2.78. The van der Waals surface area contributed by atoms with E-state index < -0.39 is 5.79 Å². The summed E-state index contributed by atoms with van der Waals surface area (Å²) in [5.41, 5.74) is 0. The van der Waals surface area contributed by atoms with Crippen LogP contribution in [0.15, 0.2) is 12.2 Å². The highest BCUT2D eigenvalue weighted by Crippen LogP contribution is 2.39. The Morgan fingerprint density at radius 3 is 3.00 bits per heavy atom. The summed E-state index contributed by atoms with van der Waals surface area (Å²) in [6.07, 6.45) is 9.07. The van der Waals surface area contributed by atoms with Crippen molar-refractivity contribution in [3.8, 4) is 0 Å². The number of ether oxygens (including phenoxy) is 4. The summed E-state index contributed by atoms with van der Waals surface area (Å²) in [4.78, 5) is 0. The summed E-state index contributed by atoms with van der Waals surface area (Å²) in [6, 6.07) is 0.